The summed E-state index contributed by atoms with van der Waals surface area (Å²) < 4.78 is 0.657. The van der Waals surface area contributed by atoms with Gasteiger partial charge in [-0.2, -0.15) is 0 Å². The van der Waals surface area contributed by atoms with Gasteiger partial charge < -0.3 is 16.0 Å². The van der Waals surface area contributed by atoms with Crippen molar-refractivity contribution in [3.05, 3.63) is 22.3 Å². The van der Waals surface area contributed by atoms with Crippen LogP contribution in [-0.4, -0.2) is 42.0 Å². The third-order valence-corrected chi connectivity index (χ3v) is 3.67. The Morgan fingerprint density at radius 2 is 2.39 bits per heavy atom. The van der Waals surface area contributed by atoms with Gasteiger partial charge in [-0.15, -0.1) is 0 Å². The number of hydrogen-bond acceptors (Lipinski definition) is 4. The highest BCUT2D eigenvalue weighted by Gasteiger charge is 2.25. The molecule has 1 aromatic heterocycles. The second kappa shape index (κ2) is 5.67. The van der Waals surface area contributed by atoms with Gasteiger partial charge in [0.2, 0.25) is 0 Å². The minimum absolute atomic E-state index is 0.125. The fourth-order valence-corrected chi connectivity index (χ4v) is 2.16. The molecule has 0 aliphatic heterocycles. The summed E-state index contributed by atoms with van der Waals surface area (Å²) in [5.41, 5.74) is 6.09. The van der Waals surface area contributed by atoms with E-state index in [0.29, 0.717) is 28.4 Å². The number of carbonyl (C=O) groups is 1. The fraction of sp³-hybridized carbons (Fsp3) is 0.500. The van der Waals surface area contributed by atoms with Crippen LogP contribution in [0.5, 0.6) is 0 Å². The van der Waals surface area contributed by atoms with Crippen molar-refractivity contribution in [3.8, 4) is 0 Å². The molecule has 0 aromatic carbocycles. The summed E-state index contributed by atoms with van der Waals surface area (Å²) in [6, 6.07) is 2.29. The standard InChI is InChI=1S/C12H17BrN4O/c1-17(8-2-3-8)5-4-15-12(18)9-6-11(14)16-7-10(9)13/h6-8H,2-5H2,1H3,(H2,14,16)(H,15,18). The second-order valence-electron chi connectivity index (χ2n) is 4.56. The Morgan fingerprint density at radius 3 is 3.06 bits per heavy atom. The summed E-state index contributed by atoms with van der Waals surface area (Å²) >= 11 is 3.30. The van der Waals surface area contributed by atoms with E-state index in [9.17, 15) is 4.79 Å². The maximum Gasteiger partial charge on any atom is 0.252 e. The summed E-state index contributed by atoms with van der Waals surface area (Å²) in [4.78, 5) is 18.1. The van der Waals surface area contributed by atoms with Crippen molar-refractivity contribution in [3.63, 3.8) is 0 Å². The molecule has 1 aromatic rings. The Kier molecular flexibility index (Phi) is 4.19. The van der Waals surface area contributed by atoms with Gasteiger partial charge in [0.25, 0.3) is 5.91 Å². The van der Waals surface area contributed by atoms with Crippen molar-refractivity contribution in [2.75, 3.05) is 25.9 Å². The Morgan fingerprint density at radius 1 is 1.67 bits per heavy atom. The van der Waals surface area contributed by atoms with Crippen molar-refractivity contribution in [1.82, 2.24) is 15.2 Å². The zero-order valence-corrected chi connectivity index (χ0v) is 11.9. The maximum atomic E-state index is 11.9. The van der Waals surface area contributed by atoms with E-state index >= 15 is 0 Å². The first-order valence-electron chi connectivity index (χ1n) is 5.97. The van der Waals surface area contributed by atoms with E-state index in [-0.39, 0.29) is 5.91 Å². The number of nitrogens with two attached hydrogens (primary N) is 1. The molecule has 6 heteroatoms. The number of halogens is 1. The van der Waals surface area contributed by atoms with E-state index in [4.69, 9.17) is 5.73 Å². The lowest BCUT2D eigenvalue weighted by atomic mass is 10.2. The minimum atomic E-state index is -0.125. The first kappa shape index (κ1) is 13.3. The number of anilines is 1. The fourth-order valence-electron chi connectivity index (χ4n) is 1.77. The number of carbonyl (C=O) groups excluding carboxylic acids is 1. The summed E-state index contributed by atoms with van der Waals surface area (Å²) in [6.07, 6.45) is 4.09. The van der Waals surface area contributed by atoms with E-state index in [1.165, 1.54) is 12.8 Å². The summed E-state index contributed by atoms with van der Waals surface area (Å²) in [7, 11) is 2.09. The number of amides is 1. The Balaban J connectivity index is 1.85. The molecule has 1 heterocycles. The van der Waals surface area contributed by atoms with E-state index in [1.54, 1.807) is 12.3 Å². The van der Waals surface area contributed by atoms with Crippen molar-refractivity contribution >= 4 is 27.7 Å². The second-order valence-corrected chi connectivity index (χ2v) is 5.41. The van der Waals surface area contributed by atoms with E-state index < -0.39 is 0 Å². The quantitative estimate of drug-likeness (QED) is 0.858. The van der Waals surface area contributed by atoms with Crippen LogP contribution in [0.15, 0.2) is 16.7 Å². The molecule has 1 amide bonds. The van der Waals surface area contributed by atoms with Crippen molar-refractivity contribution in [2.24, 2.45) is 0 Å². The molecule has 1 saturated carbocycles. The Labute approximate surface area is 115 Å². The van der Waals surface area contributed by atoms with Crippen molar-refractivity contribution < 1.29 is 4.79 Å². The number of pyridine rings is 1. The highest BCUT2D eigenvalue weighted by molar-refractivity contribution is 9.10. The first-order valence-corrected chi connectivity index (χ1v) is 6.76. The molecule has 2 rings (SSSR count). The smallest absolute Gasteiger partial charge is 0.252 e. The largest absolute Gasteiger partial charge is 0.384 e. The molecule has 18 heavy (non-hydrogen) atoms. The van der Waals surface area contributed by atoms with Gasteiger partial charge in [-0.3, -0.25) is 4.79 Å². The molecule has 0 bridgehead atoms. The van der Waals surface area contributed by atoms with E-state index in [2.05, 4.69) is 38.2 Å². The highest BCUT2D eigenvalue weighted by Crippen LogP contribution is 2.24. The Hall–Kier alpha value is -1.14. The van der Waals surface area contributed by atoms with Crippen LogP contribution in [0.2, 0.25) is 0 Å². The third-order valence-electron chi connectivity index (χ3n) is 3.04. The third kappa shape index (κ3) is 3.43. The number of rotatable bonds is 5. The summed E-state index contributed by atoms with van der Waals surface area (Å²) in [5, 5.41) is 2.89. The molecule has 1 fully saturated rings. The van der Waals surface area contributed by atoms with Crippen LogP contribution in [0, 0.1) is 0 Å². The topological polar surface area (TPSA) is 71.2 Å². The van der Waals surface area contributed by atoms with Crippen LogP contribution in [0.3, 0.4) is 0 Å². The lowest BCUT2D eigenvalue weighted by molar-refractivity contribution is 0.0948. The summed E-state index contributed by atoms with van der Waals surface area (Å²) in [6.45, 7) is 1.51. The van der Waals surface area contributed by atoms with Crippen LogP contribution in [0.25, 0.3) is 0 Å². The Bertz CT molecular complexity index is 448. The van der Waals surface area contributed by atoms with Crippen LogP contribution < -0.4 is 11.1 Å². The van der Waals surface area contributed by atoms with Gasteiger partial charge in [-0.25, -0.2) is 4.98 Å². The zero-order valence-electron chi connectivity index (χ0n) is 10.3. The van der Waals surface area contributed by atoms with Gasteiger partial charge in [0.15, 0.2) is 0 Å². The average molecular weight is 313 g/mol. The number of nitrogens with one attached hydrogen (secondary N) is 1. The van der Waals surface area contributed by atoms with Crippen LogP contribution in [0.1, 0.15) is 23.2 Å². The SMILES string of the molecule is CN(CCNC(=O)c1cc(N)ncc1Br)C1CC1. The van der Waals surface area contributed by atoms with Gasteiger partial charge in [0.05, 0.1) is 5.56 Å². The summed E-state index contributed by atoms with van der Waals surface area (Å²) in [5.74, 6) is 0.221. The van der Waals surface area contributed by atoms with E-state index in [0.717, 1.165) is 6.54 Å². The van der Waals surface area contributed by atoms with Crippen molar-refractivity contribution in [1.29, 1.82) is 0 Å². The molecule has 0 atom stereocenters. The predicted octanol–water partition coefficient (Wildman–Crippen LogP) is 1.25. The van der Waals surface area contributed by atoms with Crippen LogP contribution >= 0.6 is 15.9 Å². The van der Waals surface area contributed by atoms with Gasteiger partial charge >= 0.3 is 0 Å². The monoisotopic (exact) mass is 312 g/mol. The molecule has 0 spiro atoms. The maximum absolute atomic E-state index is 11.9. The number of aromatic nitrogens is 1. The van der Waals surface area contributed by atoms with Gasteiger partial charge in [0, 0.05) is 29.8 Å². The molecule has 0 saturated heterocycles. The molecule has 1 aliphatic rings. The first-order chi connectivity index (χ1) is 8.58. The molecule has 5 nitrogen and oxygen atoms in total. The molecular formula is C12H17BrN4O. The van der Waals surface area contributed by atoms with Crippen LogP contribution in [-0.2, 0) is 0 Å². The number of hydrogen-bond donors (Lipinski definition) is 2. The highest BCUT2D eigenvalue weighted by atomic mass is 79.9. The van der Waals surface area contributed by atoms with Crippen molar-refractivity contribution in [2.45, 2.75) is 18.9 Å². The van der Waals surface area contributed by atoms with Gasteiger partial charge in [0.1, 0.15) is 5.82 Å². The number of nitrogen functional groups attached to an aromatic ring is 1. The molecule has 3 N–H and O–H groups in total. The zero-order chi connectivity index (χ0) is 13.1. The average Bonchev–Trinajstić information content (AvgIpc) is 3.16. The lowest BCUT2D eigenvalue weighted by Gasteiger charge is -2.15. The normalized spacial score (nSPS) is 14.8. The lowest BCUT2D eigenvalue weighted by Crippen LogP contribution is -2.34. The molecule has 98 valence electrons. The predicted molar refractivity (Wildman–Crippen MR) is 74.3 cm³/mol. The van der Waals surface area contributed by atoms with Gasteiger partial charge in [-0.1, -0.05) is 0 Å². The van der Waals surface area contributed by atoms with Gasteiger partial charge in [-0.05, 0) is 41.9 Å². The molecular weight excluding hydrogens is 296 g/mol. The minimum Gasteiger partial charge on any atom is -0.384 e. The number of likely N-dealkylation sites (N-methyl/N-ethyl adjacent to an activating group) is 1. The molecule has 1 aliphatic carbocycles. The number of nitrogens with zero attached hydrogens (tertiary/aromatic N) is 2. The molecule has 0 unspecified atom stereocenters. The molecule has 0 radical (unpaired) electrons. The van der Waals surface area contributed by atoms with E-state index in [1.807, 2.05) is 0 Å². The van der Waals surface area contributed by atoms with Crippen LogP contribution in [0.4, 0.5) is 5.82 Å².